The van der Waals surface area contributed by atoms with Crippen LogP contribution in [0.4, 0.5) is 0 Å². The van der Waals surface area contributed by atoms with E-state index in [0.717, 1.165) is 37.7 Å². The molecule has 16 nitrogen and oxygen atoms in total. The summed E-state index contributed by atoms with van der Waals surface area (Å²) < 4.78 is 23.4. The summed E-state index contributed by atoms with van der Waals surface area (Å²) in [5.41, 5.74) is -1.81. The Kier molecular flexibility index (Phi) is 10.7. The van der Waals surface area contributed by atoms with Crippen molar-refractivity contribution in [3.8, 4) is 0 Å². The van der Waals surface area contributed by atoms with Gasteiger partial charge in [0.1, 0.15) is 36.6 Å². The summed E-state index contributed by atoms with van der Waals surface area (Å²) in [6.07, 6.45) is -12.2. The third kappa shape index (κ3) is 6.25. The van der Waals surface area contributed by atoms with Crippen molar-refractivity contribution in [3.63, 3.8) is 0 Å². The van der Waals surface area contributed by atoms with Crippen molar-refractivity contribution in [1.82, 2.24) is 0 Å². The van der Waals surface area contributed by atoms with E-state index >= 15 is 0 Å². The van der Waals surface area contributed by atoms with Crippen molar-refractivity contribution < 1.29 is 79.0 Å². The van der Waals surface area contributed by atoms with Gasteiger partial charge in [-0.05, 0) is 110 Å². The number of carboxylic acid groups (broad SMARTS) is 3. The number of hydrogen-bond donors (Lipinski definition) is 8. The highest BCUT2D eigenvalue weighted by Crippen LogP contribution is 2.75. The SMILES string of the molecule is CC1(C)[C@@H](O[C@H]2O[C@H](C(=O)O)[C@@H](O)[C@H](O)[C@H]2O[C@H]2O[C@H](C(=O)O)[C@@H](O)[C@H](O)[C@H]2O)CC[C@@]2(C)[C@@H]1CC[C@]1(C)[C@@H]2C(=O)C=C2[C@@H]3C[C@@](C)(C(=O)O)CC[C@]3(C)CC[C@]21C. The molecule has 7 rings (SSSR count). The van der Waals surface area contributed by atoms with Gasteiger partial charge >= 0.3 is 17.9 Å². The third-order valence-corrected chi connectivity index (χ3v) is 17.2. The van der Waals surface area contributed by atoms with Crippen LogP contribution in [0, 0.1) is 50.2 Å². The van der Waals surface area contributed by atoms with E-state index in [9.17, 15) is 60.0 Å². The minimum absolute atomic E-state index is 0.0217. The number of fused-ring (bicyclic) bond motifs is 7. The van der Waals surface area contributed by atoms with Crippen LogP contribution < -0.4 is 0 Å². The second kappa shape index (κ2) is 14.3. The topological polar surface area (TPSA) is 267 Å². The van der Waals surface area contributed by atoms with E-state index in [0.29, 0.717) is 25.7 Å². The highest BCUT2D eigenvalue weighted by molar-refractivity contribution is 5.95. The maximum Gasteiger partial charge on any atom is 0.335 e. The van der Waals surface area contributed by atoms with Crippen molar-refractivity contribution in [2.24, 2.45) is 50.2 Å². The summed E-state index contributed by atoms with van der Waals surface area (Å²) in [6.45, 7) is 14.8. The molecule has 2 saturated heterocycles. The predicted octanol–water partition coefficient (Wildman–Crippen LogP) is 2.25. The predicted molar refractivity (Wildman–Crippen MR) is 199 cm³/mol. The zero-order chi connectivity index (χ0) is 42.9. The van der Waals surface area contributed by atoms with E-state index in [2.05, 4.69) is 27.7 Å². The molecule has 0 amide bonds. The maximum absolute atomic E-state index is 14.8. The van der Waals surface area contributed by atoms with Gasteiger partial charge in [-0.25, -0.2) is 9.59 Å². The lowest BCUT2D eigenvalue weighted by molar-refractivity contribution is -0.371. The van der Waals surface area contributed by atoms with Gasteiger partial charge in [0.25, 0.3) is 0 Å². The molecule has 8 N–H and O–H groups in total. The molecule has 0 unspecified atom stereocenters. The molecule has 2 aliphatic heterocycles. The summed E-state index contributed by atoms with van der Waals surface area (Å²) in [6, 6.07) is 0. The van der Waals surface area contributed by atoms with E-state index in [1.54, 1.807) is 0 Å². The van der Waals surface area contributed by atoms with Crippen LogP contribution in [0.15, 0.2) is 11.6 Å². The Morgan fingerprint density at radius 1 is 0.690 bits per heavy atom. The lowest BCUT2D eigenvalue weighted by atomic mass is 9.33. The zero-order valence-electron chi connectivity index (χ0n) is 34.4. The zero-order valence-corrected chi connectivity index (χ0v) is 34.4. The Hall–Kier alpha value is -2.54. The first-order chi connectivity index (χ1) is 26.8. The number of carboxylic acids is 3. The average molecular weight is 823 g/mol. The summed E-state index contributed by atoms with van der Waals surface area (Å²) in [7, 11) is 0. The first-order valence-electron chi connectivity index (χ1n) is 20.7. The van der Waals surface area contributed by atoms with Gasteiger partial charge in [-0.15, -0.1) is 0 Å². The summed E-state index contributed by atoms with van der Waals surface area (Å²) in [5.74, 6) is -4.47. The van der Waals surface area contributed by atoms with Crippen LogP contribution in [0.1, 0.15) is 106 Å². The van der Waals surface area contributed by atoms with Gasteiger partial charge in [0.2, 0.25) is 0 Å². The second-order valence-corrected chi connectivity index (χ2v) is 20.6. The number of ketones is 1. The fourth-order valence-electron chi connectivity index (χ4n) is 13.4. The number of aliphatic carboxylic acids is 3. The molecule has 0 radical (unpaired) electrons. The number of hydrogen-bond acceptors (Lipinski definition) is 13. The van der Waals surface area contributed by atoms with Crippen LogP contribution in [0.2, 0.25) is 0 Å². The van der Waals surface area contributed by atoms with E-state index < -0.39 is 107 Å². The molecule has 0 bridgehead atoms. The quantitative estimate of drug-likeness (QED) is 0.171. The van der Waals surface area contributed by atoms with Crippen LogP contribution in [-0.4, -0.2) is 132 Å². The molecule has 58 heavy (non-hydrogen) atoms. The number of aliphatic hydroxyl groups is 5. The maximum atomic E-state index is 14.8. The van der Waals surface area contributed by atoms with E-state index in [1.807, 2.05) is 26.8 Å². The number of ether oxygens (including phenoxy) is 4. The second-order valence-electron chi connectivity index (χ2n) is 20.6. The van der Waals surface area contributed by atoms with E-state index in [-0.39, 0.29) is 34.4 Å². The normalized spacial score (nSPS) is 52.6. The minimum Gasteiger partial charge on any atom is -0.481 e. The molecule has 16 heteroatoms. The van der Waals surface area contributed by atoms with Crippen molar-refractivity contribution >= 4 is 23.7 Å². The Morgan fingerprint density at radius 2 is 1.28 bits per heavy atom. The molecule has 5 aliphatic carbocycles. The van der Waals surface area contributed by atoms with E-state index in [1.165, 1.54) is 0 Å². The number of carbonyl (C=O) groups is 4. The van der Waals surface area contributed by atoms with Gasteiger partial charge < -0.3 is 59.8 Å². The van der Waals surface area contributed by atoms with Gasteiger partial charge in [0.05, 0.1) is 11.5 Å². The van der Waals surface area contributed by atoms with Crippen molar-refractivity contribution in [1.29, 1.82) is 0 Å². The largest absolute Gasteiger partial charge is 0.481 e. The molecule has 0 aromatic rings. The van der Waals surface area contributed by atoms with Gasteiger partial charge in [0, 0.05) is 5.92 Å². The third-order valence-electron chi connectivity index (χ3n) is 17.2. The highest BCUT2D eigenvalue weighted by Gasteiger charge is 2.71. The summed E-state index contributed by atoms with van der Waals surface area (Å²) in [4.78, 5) is 51.3. The molecular formula is C42H62O16. The fraction of sp³-hybridized carbons (Fsp3) is 0.857. The standard InChI is InChI=1S/C42H62O16/c1-37(2)21-8-11-42(7)31(20(43)16-18-19-17-39(4,36(53)54)13-12-38(19,3)14-15-41(18,42)6)40(21,5)10-9-22(37)55-35-30(26(47)25(46)29(57-35)33(51)52)58-34-27(48)23(44)24(45)28(56-34)32(49)50/h16,19,21-31,34-35,44-48H,8-15,17H2,1-7H3,(H,49,50)(H,51,52)(H,53,54)/t19-,21+,22-,23-,24-,25-,26-,27+,28-,29-,30+,31+,34+,35-,38+,39-,40-,41+,42+/m0/s1. The molecule has 326 valence electrons. The molecule has 2 heterocycles. The van der Waals surface area contributed by atoms with Gasteiger partial charge in [-0.1, -0.05) is 47.1 Å². The molecule has 19 atom stereocenters. The molecule has 0 aromatic carbocycles. The van der Waals surface area contributed by atoms with Gasteiger partial charge in [-0.2, -0.15) is 0 Å². The van der Waals surface area contributed by atoms with Crippen LogP contribution in [0.25, 0.3) is 0 Å². The van der Waals surface area contributed by atoms with E-state index in [4.69, 9.17) is 18.9 Å². The lowest BCUT2D eigenvalue weighted by Gasteiger charge is -2.70. The van der Waals surface area contributed by atoms with Crippen molar-refractivity contribution in [3.05, 3.63) is 11.6 Å². The van der Waals surface area contributed by atoms with Crippen LogP contribution in [0.5, 0.6) is 0 Å². The summed E-state index contributed by atoms with van der Waals surface area (Å²) >= 11 is 0. The Balaban J connectivity index is 1.17. The number of aliphatic hydroxyl groups excluding tert-OH is 5. The molecule has 4 saturated carbocycles. The number of rotatable bonds is 7. The monoisotopic (exact) mass is 822 g/mol. The Labute approximate surface area is 337 Å². The minimum atomic E-state index is -2.05. The first-order valence-corrected chi connectivity index (χ1v) is 20.7. The Morgan fingerprint density at radius 3 is 1.88 bits per heavy atom. The lowest BCUT2D eigenvalue weighted by Crippen LogP contribution is -2.68. The van der Waals surface area contributed by atoms with Gasteiger partial charge in [-0.3, -0.25) is 9.59 Å². The molecule has 7 aliphatic rings. The van der Waals surface area contributed by atoms with Gasteiger partial charge in [0.15, 0.2) is 30.6 Å². The summed E-state index contributed by atoms with van der Waals surface area (Å²) in [5, 5.41) is 83.0. The van der Waals surface area contributed by atoms with Crippen molar-refractivity contribution in [2.45, 2.75) is 174 Å². The number of allylic oxidation sites excluding steroid dienone is 2. The average Bonchev–Trinajstić information content (AvgIpc) is 3.13. The van der Waals surface area contributed by atoms with Crippen LogP contribution in [0.3, 0.4) is 0 Å². The number of carbonyl (C=O) groups excluding carboxylic acids is 1. The molecule has 0 aromatic heterocycles. The highest BCUT2D eigenvalue weighted by atomic mass is 16.8. The molecular weight excluding hydrogens is 760 g/mol. The first kappa shape index (κ1) is 43.5. The smallest absolute Gasteiger partial charge is 0.335 e. The fourth-order valence-corrected chi connectivity index (χ4v) is 13.4. The molecule has 6 fully saturated rings. The van der Waals surface area contributed by atoms with Crippen LogP contribution in [-0.2, 0) is 38.1 Å². The van der Waals surface area contributed by atoms with Crippen LogP contribution >= 0.6 is 0 Å². The van der Waals surface area contributed by atoms with Crippen molar-refractivity contribution in [2.75, 3.05) is 0 Å². The molecule has 0 spiro atoms. The Bertz CT molecular complexity index is 1730.